The molecule has 0 aliphatic heterocycles. The van der Waals surface area contributed by atoms with Crippen molar-refractivity contribution in [1.29, 1.82) is 5.26 Å². The predicted octanol–water partition coefficient (Wildman–Crippen LogP) is 1.34. The minimum Gasteiger partial charge on any atom is -0.396 e. The van der Waals surface area contributed by atoms with Gasteiger partial charge in [-0.1, -0.05) is 11.8 Å². The summed E-state index contributed by atoms with van der Waals surface area (Å²) >= 11 is 1.20. The molecule has 0 aromatic carbocycles. The van der Waals surface area contributed by atoms with Gasteiger partial charge in [0.2, 0.25) is 0 Å². The number of aliphatic hydroxyl groups excluding tert-OH is 1. The maximum absolute atomic E-state index is 10.7. The van der Waals surface area contributed by atoms with E-state index >= 15 is 0 Å². The molecule has 1 heterocycles. The Hall–Kier alpha value is -1.65. The highest BCUT2D eigenvalue weighted by atomic mass is 32.2. The Balaban J connectivity index is 2.91. The Morgan fingerprint density at radius 3 is 3.00 bits per heavy atom. The Morgan fingerprint density at radius 2 is 2.44 bits per heavy atom. The van der Waals surface area contributed by atoms with E-state index in [-0.39, 0.29) is 22.9 Å². The molecule has 0 fully saturated rings. The van der Waals surface area contributed by atoms with Crippen molar-refractivity contribution in [2.45, 2.75) is 11.4 Å². The molecule has 0 saturated heterocycles. The van der Waals surface area contributed by atoms with Crippen LogP contribution in [0.25, 0.3) is 0 Å². The maximum atomic E-state index is 10.7. The number of thioether (sulfide) groups is 1. The van der Waals surface area contributed by atoms with Gasteiger partial charge in [0.15, 0.2) is 5.03 Å². The summed E-state index contributed by atoms with van der Waals surface area (Å²) in [6.45, 7) is 0.0388. The van der Waals surface area contributed by atoms with Gasteiger partial charge in [0.25, 0.3) is 0 Å². The minimum absolute atomic E-state index is 0.0388. The van der Waals surface area contributed by atoms with Crippen LogP contribution in [0.5, 0.6) is 0 Å². The molecule has 0 saturated carbocycles. The summed E-state index contributed by atoms with van der Waals surface area (Å²) < 4.78 is 0. The van der Waals surface area contributed by atoms with Gasteiger partial charge in [0.05, 0.1) is 10.5 Å². The summed E-state index contributed by atoms with van der Waals surface area (Å²) in [5.74, 6) is 0.552. The van der Waals surface area contributed by atoms with Gasteiger partial charge in [-0.05, 0) is 6.42 Å². The predicted molar refractivity (Wildman–Crippen MR) is 58.0 cm³/mol. The van der Waals surface area contributed by atoms with Crippen molar-refractivity contribution in [3.8, 4) is 6.07 Å². The normalized spacial score (nSPS) is 9.75. The molecular weight excluding hydrogens is 230 g/mol. The molecule has 0 atom stereocenters. The van der Waals surface area contributed by atoms with Crippen molar-refractivity contribution in [3.05, 3.63) is 27.9 Å². The highest BCUT2D eigenvalue weighted by Crippen LogP contribution is 2.27. The van der Waals surface area contributed by atoms with E-state index in [1.165, 1.54) is 24.0 Å². The SMILES string of the molecule is N#Cc1cnc(SCCCO)c([N+](=O)[O-])c1. The summed E-state index contributed by atoms with van der Waals surface area (Å²) in [4.78, 5) is 14.0. The smallest absolute Gasteiger partial charge is 0.302 e. The lowest BCUT2D eigenvalue weighted by Gasteiger charge is -2.01. The number of hydrogen-bond donors (Lipinski definition) is 1. The van der Waals surface area contributed by atoms with E-state index in [0.29, 0.717) is 12.2 Å². The largest absolute Gasteiger partial charge is 0.396 e. The molecule has 84 valence electrons. The van der Waals surface area contributed by atoms with Gasteiger partial charge in [-0.3, -0.25) is 10.1 Å². The second-order valence-corrected chi connectivity index (χ2v) is 3.93. The van der Waals surface area contributed by atoms with E-state index in [0.717, 1.165) is 0 Å². The van der Waals surface area contributed by atoms with Crippen LogP contribution in [0.3, 0.4) is 0 Å². The fourth-order valence-corrected chi connectivity index (χ4v) is 1.85. The van der Waals surface area contributed by atoms with Crippen molar-refractivity contribution in [3.63, 3.8) is 0 Å². The molecule has 0 aliphatic rings. The van der Waals surface area contributed by atoms with Gasteiger partial charge in [-0.2, -0.15) is 5.26 Å². The fourth-order valence-electron chi connectivity index (χ4n) is 0.977. The van der Waals surface area contributed by atoms with Crippen LogP contribution >= 0.6 is 11.8 Å². The van der Waals surface area contributed by atoms with Crippen LogP contribution < -0.4 is 0 Å². The molecule has 6 nitrogen and oxygen atoms in total. The van der Waals surface area contributed by atoms with Crippen molar-refractivity contribution in [2.24, 2.45) is 0 Å². The monoisotopic (exact) mass is 239 g/mol. The Labute approximate surface area is 96.1 Å². The number of pyridine rings is 1. The molecule has 1 N–H and O–H groups in total. The number of aliphatic hydroxyl groups is 1. The molecule has 16 heavy (non-hydrogen) atoms. The zero-order chi connectivity index (χ0) is 12.0. The number of aromatic nitrogens is 1. The van der Waals surface area contributed by atoms with Gasteiger partial charge in [0, 0.05) is 24.6 Å². The molecule has 0 spiro atoms. The molecular formula is C9H9N3O3S. The van der Waals surface area contributed by atoms with E-state index in [1.807, 2.05) is 0 Å². The van der Waals surface area contributed by atoms with Gasteiger partial charge < -0.3 is 5.11 Å². The van der Waals surface area contributed by atoms with Gasteiger partial charge in [-0.15, -0.1) is 0 Å². The van der Waals surface area contributed by atoms with Gasteiger partial charge in [0.1, 0.15) is 6.07 Å². The van der Waals surface area contributed by atoms with Crippen LogP contribution in [0, 0.1) is 21.4 Å². The quantitative estimate of drug-likeness (QED) is 0.360. The van der Waals surface area contributed by atoms with E-state index in [4.69, 9.17) is 10.4 Å². The van der Waals surface area contributed by atoms with Crippen molar-refractivity contribution in [2.75, 3.05) is 12.4 Å². The van der Waals surface area contributed by atoms with E-state index in [9.17, 15) is 10.1 Å². The standard InChI is InChI=1S/C9H9N3O3S/c10-5-7-4-8(12(14)15)9(11-6-7)16-3-1-2-13/h4,6,13H,1-3H2. The fraction of sp³-hybridized carbons (Fsp3) is 0.333. The summed E-state index contributed by atoms with van der Waals surface area (Å²) in [6.07, 6.45) is 1.85. The van der Waals surface area contributed by atoms with Crippen LogP contribution in [0.2, 0.25) is 0 Å². The van der Waals surface area contributed by atoms with Crippen molar-refractivity contribution < 1.29 is 10.0 Å². The van der Waals surface area contributed by atoms with E-state index < -0.39 is 4.92 Å². The summed E-state index contributed by atoms with van der Waals surface area (Å²) in [7, 11) is 0. The Kier molecular flexibility index (Phi) is 4.69. The van der Waals surface area contributed by atoms with E-state index in [1.54, 1.807) is 6.07 Å². The first-order valence-electron chi connectivity index (χ1n) is 4.47. The first kappa shape index (κ1) is 12.4. The van der Waals surface area contributed by atoms with E-state index in [2.05, 4.69) is 4.98 Å². The third-order valence-electron chi connectivity index (χ3n) is 1.70. The second kappa shape index (κ2) is 6.05. The third kappa shape index (κ3) is 3.18. The zero-order valence-electron chi connectivity index (χ0n) is 8.29. The summed E-state index contributed by atoms with van der Waals surface area (Å²) in [6, 6.07) is 3.00. The molecule has 1 aromatic heterocycles. The molecule has 0 unspecified atom stereocenters. The minimum atomic E-state index is -0.560. The summed E-state index contributed by atoms with van der Waals surface area (Å²) in [5.41, 5.74) is 0.000183. The Morgan fingerprint density at radius 1 is 1.69 bits per heavy atom. The number of nitrogens with zero attached hydrogens (tertiary/aromatic N) is 3. The zero-order valence-corrected chi connectivity index (χ0v) is 9.11. The molecule has 0 bridgehead atoms. The molecule has 1 aromatic rings. The lowest BCUT2D eigenvalue weighted by Crippen LogP contribution is -1.96. The van der Waals surface area contributed by atoms with Crippen LogP contribution in [0.4, 0.5) is 5.69 Å². The molecule has 7 heteroatoms. The number of nitriles is 1. The van der Waals surface area contributed by atoms with Gasteiger partial charge >= 0.3 is 5.69 Å². The first-order chi connectivity index (χ1) is 7.69. The van der Waals surface area contributed by atoms with Crippen LogP contribution in [0.1, 0.15) is 12.0 Å². The Bertz CT molecular complexity index is 430. The van der Waals surface area contributed by atoms with Crippen molar-refractivity contribution in [1.82, 2.24) is 4.98 Å². The van der Waals surface area contributed by atoms with Gasteiger partial charge in [-0.25, -0.2) is 4.98 Å². The lowest BCUT2D eigenvalue weighted by molar-refractivity contribution is -0.388. The average Bonchev–Trinajstić information content (AvgIpc) is 2.29. The number of nitro groups is 1. The second-order valence-electron chi connectivity index (χ2n) is 2.84. The molecule has 0 aliphatic carbocycles. The molecule has 0 amide bonds. The number of rotatable bonds is 5. The average molecular weight is 239 g/mol. The van der Waals surface area contributed by atoms with Crippen molar-refractivity contribution >= 4 is 17.4 Å². The first-order valence-corrected chi connectivity index (χ1v) is 5.45. The topological polar surface area (TPSA) is 100 Å². The highest BCUT2D eigenvalue weighted by molar-refractivity contribution is 7.99. The van der Waals surface area contributed by atoms with Crippen LogP contribution in [-0.4, -0.2) is 27.4 Å². The van der Waals surface area contributed by atoms with Crippen LogP contribution in [0.15, 0.2) is 17.3 Å². The third-order valence-corrected chi connectivity index (χ3v) is 2.78. The highest BCUT2D eigenvalue weighted by Gasteiger charge is 2.16. The lowest BCUT2D eigenvalue weighted by atomic mass is 10.3. The summed E-state index contributed by atoms with van der Waals surface area (Å²) in [5, 5.41) is 28.2. The van der Waals surface area contributed by atoms with Crippen LogP contribution in [-0.2, 0) is 0 Å². The molecule has 0 radical (unpaired) electrons. The number of hydrogen-bond acceptors (Lipinski definition) is 6. The maximum Gasteiger partial charge on any atom is 0.302 e. The molecule has 1 rings (SSSR count).